The predicted molar refractivity (Wildman–Crippen MR) is 175 cm³/mol. The summed E-state index contributed by atoms with van der Waals surface area (Å²) in [4.78, 5) is 69.4. The Labute approximate surface area is 277 Å². The third-order valence-electron chi connectivity index (χ3n) is 8.77. The van der Waals surface area contributed by atoms with Crippen molar-refractivity contribution in [3.05, 3.63) is 96.5 Å². The summed E-state index contributed by atoms with van der Waals surface area (Å²) < 4.78 is 5.96. The van der Waals surface area contributed by atoms with Crippen LogP contribution in [0.3, 0.4) is 0 Å². The minimum atomic E-state index is -0.801. The SMILES string of the molecule is Cc1ccc(C(=O)COC(=O)c2cc(-c3ccc(N4C(=O)C5CCCCC5C4=O)cc3)nc3c(C)c(Cl)c(Br)cc23)cc1[N+](=O)[O-]. The Kier molecular flexibility index (Phi) is 8.47. The third-order valence-corrected chi connectivity index (χ3v) is 10.1. The highest BCUT2D eigenvalue weighted by Crippen LogP contribution is 2.41. The number of nitrogens with zero attached hydrogens (tertiary/aromatic N) is 3. The largest absolute Gasteiger partial charge is 0.454 e. The fourth-order valence-corrected chi connectivity index (χ4v) is 6.92. The monoisotopic (exact) mass is 703 g/mol. The molecule has 1 aliphatic carbocycles. The number of fused-ring (bicyclic) bond motifs is 2. The summed E-state index contributed by atoms with van der Waals surface area (Å²) >= 11 is 9.93. The molecule has 1 saturated carbocycles. The molecule has 10 nitrogen and oxygen atoms in total. The van der Waals surface area contributed by atoms with Gasteiger partial charge in [-0.25, -0.2) is 9.78 Å². The van der Waals surface area contributed by atoms with Gasteiger partial charge >= 0.3 is 5.97 Å². The number of halogens is 2. The summed E-state index contributed by atoms with van der Waals surface area (Å²) in [6.45, 7) is 2.69. The van der Waals surface area contributed by atoms with Gasteiger partial charge in [-0.2, -0.15) is 0 Å². The molecule has 6 rings (SSSR count). The second kappa shape index (κ2) is 12.4. The molecule has 2 heterocycles. The smallest absolute Gasteiger partial charge is 0.339 e. The Balaban J connectivity index is 1.32. The zero-order chi connectivity index (χ0) is 32.9. The second-order valence-corrected chi connectivity index (χ2v) is 12.8. The molecule has 46 heavy (non-hydrogen) atoms. The van der Waals surface area contributed by atoms with Gasteiger partial charge in [-0.05, 0) is 72.4 Å². The zero-order valence-electron chi connectivity index (χ0n) is 24.8. The number of pyridine rings is 1. The van der Waals surface area contributed by atoms with Gasteiger partial charge in [0, 0.05) is 32.6 Å². The predicted octanol–water partition coefficient (Wildman–Crippen LogP) is 7.56. The molecule has 3 aromatic carbocycles. The van der Waals surface area contributed by atoms with Crippen LogP contribution in [0.2, 0.25) is 5.02 Å². The van der Waals surface area contributed by atoms with Crippen LogP contribution in [0.25, 0.3) is 22.2 Å². The van der Waals surface area contributed by atoms with Crippen LogP contribution < -0.4 is 4.90 Å². The highest BCUT2D eigenvalue weighted by Gasteiger charge is 2.48. The van der Waals surface area contributed by atoms with Gasteiger partial charge in [0.15, 0.2) is 6.61 Å². The zero-order valence-corrected chi connectivity index (χ0v) is 27.2. The maximum absolute atomic E-state index is 13.5. The third kappa shape index (κ3) is 5.58. The van der Waals surface area contributed by atoms with Crippen molar-refractivity contribution in [3.63, 3.8) is 0 Å². The molecule has 0 radical (unpaired) electrons. The van der Waals surface area contributed by atoms with E-state index >= 15 is 0 Å². The Morgan fingerprint density at radius 2 is 1.67 bits per heavy atom. The van der Waals surface area contributed by atoms with E-state index in [-0.39, 0.29) is 40.5 Å². The summed E-state index contributed by atoms with van der Waals surface area (Å²) in [7, 11) is 0. The minimum Gasteiger partial charge on any atom is -0.454 e. The van der Waals surface area contributed by atoms with Gasteiger partial charge < -0.3 is 4.74 Å². The van der Waals surface area contributed by atoms with Crippen molar-refractivity contribution in [2.45, 2.75) is 39.5 Å². The molecule has 2 aliphatic rings. The van der Waals surface area contributed by atoms with E-state index in [1.54, 1.807) is 50.2 Å². The molecule has 2 unspecified atom stereocenters. The number of carbonyl (C=O) groups excluding carboxylic acids is 4. The number of ketones is 1. The number of nitro benzene ring substituents is 1. The topological polar surface area (TPSA) is 137 Å². The van der Waals surface area contributed by atoms with Crippen LogP contribution >= 0.6 is 27.5 Å². The average molecular weight is 705 g/mol. The first-order valence-electron chi connectivity index (χ1n) is 14.7. The van der Waals surface area contributed by atoms with Crippen molar-refractivity contribution in [2.24, 2.45) is 11.8 Å². The lowest BCUT2D eigenvalue weighted by Crippen LogP contribution is -2.30. The summed E-state index contributed by atoms with van der Waals surface area (Å²) in [6, 6.07) is 14.1. The first kappa shape index (κ1) is 31.5. The van der Waals surface area contributed by atoms with E-state index in [0.29, 0.717) is 48.5 Å². The number of rotatable bonds is 7. The van der Waals surface area contributed by atoms with Gasteiger partial charge in [-0.15, -0.1) is 0 Å². The molecule has 1 aromatic heterocycles. The number of ether oxygens (including phenoxy) is 1. The normalized spacial score (nSPS) is 17.7. The number of esters is 1. The van der Waals surface area contributed by atoms with Gasteiger partial charge in [0.25, 0.3) is 5.69 Å². The van der Waals surface area contributed by atoms with Crippen molar-refractivity contribution in [1.82, 2.24) is 4.98 Å². The second-order valence-electron chi connectivity index (χ2n) is 11.6. The lowest BCUT2D eigenvalue weighted by molar-refractivity contribution is -0.385. The summed E-state index contributed by atoms with van der Waals surface area (Å²) in [5.74, 6) is -2.26. The summed E-state index contributed by atoms with van der Waals surface area (Å²) in [5, 5.41) is 12.2. The maximum atomic E-state index is 13.5. The molecule has 1 saturated heterocycles. The highest BCUT2D eigenvalue weighted by atomic mass is 79.9. The first-order chi connectivity index (χ1) is 22.0. The number of hydrogen-bond donors (Lipinski definition) is 0. The number of aromatic nitrogens is 1. The molecule has 2 amide bonds. The Morgan fingerprint density at radius 1 is 1.02 bits per heavy atom. The van der Waals surface area contributed by atoms with Crippen molar-refractivity contribution in [1.29, 1.82) is 0 Å². The highest BCUT2D eigenvalue weighted by molar-refractivity contribution is 9.10. The van der Waals surface area contributed by atoms with Gasteiger partial charge in [-0.1, -0.05) is 48.7 Å². The maximum Gasteiger partial charge on any atom is 0.339 e. The molecule has 2 atom stereocenters. The van der Waals surface area contributed by atoms with Gasteiger partial charge in [0.2, 0.25) is 17.6 Å². The van der Waals surface area contributed by atoms with Crippen LogP contribution in [0.15, 0.2) is 59.1 Å². The van der Waals surface area contributed by atoms with E-state index in [1.165, 1.54) is 17.0 Å². The lowest BCUT2D eigenvalue weighted by Gasteiger charge is -2.19. The van der Waals surface area contributed by atoms with Gasteiger partial charge in [0.05, 0.1) is 44.2 Å². The van der Waals surface area contributed by atoms with E-state index in [2.05, 4.69) is 15.9 Å². The molecule has 234 valence electrons. The van der Waals surface area contributed by atoms with Crippen molar-refractivity contribution in [3.8, 4) is 11.3 Å². The van der Waals surface area contributed by atoms with Crippen molar-refractivity contribution >= 4 is 73.4 Å². The van der Waals surface area contributed by atoms with E-state index in [0.717, 1.165) is 31.7 Å². The standard InChI is InChI=1S/C34H27BrClN3O7/c1-17-7-8-20(13-28(17)39(44)45)29(40)16-46-34(43)25-15-27(37-31-18(2)30(36)26(35)14-24(25)31)19-9-11-21(12-10-19)38-32(41)22-5-3-4-6-23(22)33(38)42/h7-15,22-23H,3-6,16H2,1-2H3. The average Bonchev–Trinajstić information content (AvgIpc) is 3.31. The van der Waals surface area contributed by atoms with Crippen molar-refractivity contribution < 1.29 is 28.8 Å². The minimum absolute atomic E-state index is 0.0463. The molecule has 2 fully saturated rings. The Morgan fingerprint density at radius 3 is 2.30 bits per heavy atom. The fraction of sp³-hybridized carbons (Fsp3) is 0.265. The van der Waals surface area contributed by atoms with E-state index in [9.17, 15) is 29.3 Å². The van der Waals surface area contributed by atoms with Crippen LogP contribution in [-0.2, 0) is 14.3 Å². The summed E-state index contributed by atoms with van der Waals surface area (Å²) in [5.41, 5.74) is 2.91. The van der Waals surface area contributed by atoms with Crippen LogP contribution in [0, 0.1) is 35.8 Å². The van der Waals surface area contributed by atoms with Crippen LogP contribution in [-0.4, -0.2) is 40.1 Å². The Bertz CT molecular complexity index is 1950. The van der Waals surface area contributed by atoms with Crippen LogP contribution in [0.4, 0.5) is 11.4 Å². The molecule has 4 aromatic rings. The number of carbonyl (C=O) groups is 4. The number of benzene rings is 3. The molecule has 1 aliphatic heterocycles. The van der Waals surface area contributed by atoms with E-state index in [4.69, 9.17) is 21.3 Å². The van der Waals surface area contributed by atoms with Crippen molar-refractivity contribution in [2.75, 3.05) is 11.5 Å². The van der Waals surface area contributed by atoms with E-state index < -0.39 is 23.3 Å². The number of aryl methyl sites for hydroxylation is 2. The molecule has 12 heteroatoms. The lowest BCUT2D eigenvalue weighted by atomic mass is 9.81. The number of anilines is 1. The van der Waals surface area contributed by atoms with Gasteiger partial charge in [-0.3, -0.25) is 29.4 Å². The molecule has 0 bridgehead atoms. The quantitative estimate of drug-likeness (QED) is 0.0632. The van der Waals surface area contributed by atoms with Crippen LogP contribution in [0.5, 0.6) is 0 Å². The van der Waals surface area contributed by atoms with Gasteiger partial charge in [0.1, 0.15) is 0 Å². The number of imide groups is 1. The molecule has 0 N–H and O–H groups in total. The molecule has 0 spiro atoms. The summed E-state index contributed by atoms with van der Waals surface area (Å²) in [6.07, 6.45) is 3.32. The number of Topliss-reactive ketones (excluding diaryl/α,β-unsaturated/α-hetero) is 1. The number of nitro groups is 1. The first-order valence-corrected chi connectivity index (χ1v) is 15.9. The van der Waals surface area contributed by atoms with E-state index in [1.807, 2.05) is 0 Å². The Hall–Kier alpha value is -4.48. The fourth-order valence-electron chi connectivity index (χ4n) is 6.25. The molecular formula is C34H27BrClN3O7. The number of hydrogen-bond acceptors (Lipinski definition) is 8. The molecular weight excluding hydrogens is 678 g/mol. The number of amides is 2. The van der Waals surface area contributed by atoms with Crippen LogP contribution in [0.1, 0.15) is 57.5 Å².